The number of carbonyl (C=O) groups excluding carboxylic acids is 1. The maximum Gasteiger partial charge on any atom is 0.416 e. The summed E-state index contributed by atoms with van der Waals surface area (Å²) in [5.74, 6) is 5.88. The number of alkyl halides is 3. The number of imidazole rings is 1. The third-order valence-corrected chi connectivity index (χ3v) is 6.04. The van der Waals surface area contributed by atoms with Crippen LogP contribution in [0.3, 0.4) is 0 Å². The van der Waals surface area contributed by atoms with Crippen molar-refractivity contribution in [3.63, 3.8) is 0 Å². The van der Waals surface area contributed by atoms with Crippen LogP contribution in [0.5, 0.6) is 0 Å². The van der Waals surface area contributed by atoms with E-state index in [1.807, 2.05) is 37.3 Å². The Kier molecular flexibility index (Phi) is 7.52. The highest BCUT2D eigenvalue weighted by Crippen LogP contribution is 2.33. The molecule has 0 radical (unpaired) electrons. The Morgan fingerprint density at radius 3 is 2.32 bits per heavy atom. The number of aromatic nitrogens is 4. The van der Waals surface area contributed by atoms with E-state index in [1.165, 1.54) is 17.0 Å². The number of halogens is 3. The summed E-state index contributed by atoms with van der Waals surface area (Å²) < 4.78 is 42.3. The second-order valence-electron chi connectivity index (χ2n) is 9.21. The topological polar surface area (TPSA) is 84.7 Å². The van der Waals surface area contributed by atoms with Crippen LogP contribution >= 0.6 is 0 Å². The lowest BCUT2D eigenvalue weighted by atomic mass is 10.0. The number of aryl methyl sites for hydroxylation is 2. The molecule has 5 aromatic rings. The van der Waals surface area contributed by atoms with E-state index in [0.717, 1.165) is 23.4 Å². The van der Waals surface area contributed by atoms with Gasteiger partial charge in [-0.2, -0.15) is 13.2 Å². The van der Waals surface area contributed by atoms with E-state index < -0.39 is 17.6 Å². The van der Waals surface area contributed by atoms with Crippen LogP contribution in [0, 0.1) is 25.7 Å². The van der Waals surface area contributed by atoms with Gasteiger partial charge in [-0.3, -0.25) is 4.79 Å². The molecule has 0 unspecified atom stereocenters. The SMILES string of the molecule is Cc1cn(-c2cc(NC(=O)c3ccc(C)c(C#Cc4cnc(Nc5ccccc5)nc4)c3)cc(C(F)(F)F)c2)cn1. The molecule has 5 rings (SSSR count). The molecule has 3 aromatic carbocycles. The summed E-state index contributed by atoms with van der Waals surface area (Å²) in [5.41, 5.74) is 3.07. The van der Waals surface area contributed by atoms with Crippen molar-refractivity contribution in [3.8, 4) is 17.5 Å². The van der Waals surface area contributed by atoms with Gasteiger partial charge in [0.2, 0.25) is 5.95 Å². The quantitative estimate of drug-likeness (QED) is 0.237. The maximum absolute atomic E-state index is 13.6. The first-order valence-corrected chi connectivity index (χ1v) is 12.5. The van der Waals surface area contributed by atoms with Gasteiger partial charge in [-0.25, -0.2) is 15.0 Å². The van der Waals surface area contributed by atoms with Gasteiger partial charge in [0.15, 0.2) is 0 Å². The number of benzene rings is 3. The zero-order chi connectivity index (χ0) is 29.0. The van der Waals surface area contributed by atoms with Crippen LogP contribution in [0.2, 0.25) is 0 Å². The highest BCUT2D eigenvalue weighted by atomic mass is 19.4. The number of para-hydroxylation sites is 1. The van der Waals surface area contributed by atoms with Crippen molar-refractivity contribution in [2.45, 2.75) is 20.0 Å². The van der Waals surface area contributed by atoms with Gasteiger partial charge in [-0.15, -0.1) is 0 Å². The molecular weight excluding hydrogens is 529 g/mol. The van der Waals surface area contributed by atoms with Gasteiger partial charge >= 0.3 is 6.18 Å². The molecule has 2 N–H and O–H groups in total. The number of rotatable bonds is 5. The molecule has 10 heteroatoms. The molecule has 0 saturated carbocycles. The van der Waals surface area contributed by atoms with Crippen LogP contribution in [0.25, 0.3) is 5.69 Å². The van der Waals surface area contributed by atoms with E-state index in [0.29, 0.717) is 22.8 Å². The van der Waals surface area contributed by atoms with Gasteiger partial charge in [0.05, 0.1) is 23.1 Å². The van der Waals surface area contributed by atoms with Crippen molar-refractivity contribution in [1.29, 1.82) is 0 Å². The molecule has 204 valence electrons. The normalized spacial score (nSPS) is 11.0. The summed E-state index contributed by atoms with van der Waals surface area (Å²) >= 11 is 0. The van der Waals surface area contributed by atoms with E-state index in [2.05, 4.69) is 37.4 Å². The average molecular weight is 553 g/mol. The third-order valence-electron chi connectivity index (χ3n) is 6.04. The summed E-state index contributed by atoms with van der Waals surface area (Å²) in [7, 11) is 0. The molecule has 0 aliphatic carbocycles. The Morgan fingerprint density at radius 1 is 0.878 bits per heavy atom. The zero-order valence-electron chi connectivity index (χ0n) is 22.0. The number of hydrogen-bond acceptors (Lipinski definition) is 5. The van der Waals surface area contributed by atoms with Crippen LogP contribution < -0.4 is 10.6 Å². The molecule has 41 heavy (non-hydrogen) atoms. The van der Waals surface area contributed by atoms with Crippen molar-refractivity contribution >= 4 is 23.2 Å². The van der Waals surface area contributed by atoms with E-state index in [-0.39, 0.29) is 16.9 Å². The smallest absolute Gasteiger partial charge is 0.324 e. The third kappa shape index (κ3) is 6.78. The molecular formula is C31H23F3N6O. The van der Waals surface area contributed by atoms with Gasteiger partial charge in [0.25, 0.3) is 5.91 Å². The number of nitrogens with zero attached hydrogens (tertiary/aromatic N) is 4. The highest BCUT2D eigenvalue weighted by molar-refractivity contribution is 6.04. The molecule has 0 atom stereocenters. The average Bonchev–Trinajstić information content (AvgIpc) is 3.39. The lowest BCUT2D eigenvalue weighted by molar-refractivity contribution is -0.137. The van der Waals surface area contributed by atoms with E-state index in [1.54, 1.807) is 43.7 Å². The van der Waals surface area contributed by atoms with Crippen LogP contribution in [-0.4, -0.2) is 25.4 Å². The standard InChI is InChI=1S/C31H23F3N6O/c1-20-8-10-24(12-23(20)11-9-22-16-35-30(36-17-22)39-26-6-4-3-5-7-26)29(41)38-27-13-25(31(32,33)34)14-28(15-27)40-18-21(2)37-19-40/h3-8,10,12-19H,1-2H3,(H,38,41)(H,35,36,39). The molecule has 2 aromatic heterocycles. The lowest BCUT2D eigenvalue weighted by Gasteiger charge is -2.14. The van der Waals surface area contributed by atoms with Crippen LogP contribution in [-0.2, 0) is 6.18 Å². The maximum atomic E-state index is 13.6. The number of amides is 1. The largest absolute Gasteiger partial charge is 0.416 e. The van der Waals surface area contributed by atoms with E-state index >= 15 is 0 Å². The van der Waals surface area contributed by atoms with Gasteiger partial charge in [-0.1, -0.05) is 36.1 Å². The minimum absolute atomic E-state index is 0.000683. The molecule has 0 aliphatic heterocycles. The Labute approximate surface area is 234 Å². The Hall–Kier alpha value is -5.43. The summed E-state index contributed by atoms with van der Waals surface area (Å²) in [6, 6.07) is 17.8. The highest BCUT2D eigenvalue weighted by Gasteiger charge is 2.31. The first-order chi connectivity index (χ1) is 19.6. The van der Waals surface area contributed by atoms with Crippen LogP contribution in [0.4, 0.5) is 30.5 Å². The number of anilines is 3. The molecule has 0 aliphatic rings. The first-order valence-electron chi connectivity index (χ1n) is 12.5. The number of hydrogen-bond donors (Lipinski definition) is 2. The molecule has 0 bridgehead atoms. The van der Waals surface area contributed by atoms with Crippen molar-refractivity contribution < 1.29 is 18.0 Å². The van der Waals surface area contributed by atoms with Gasteiger partial charge < -0.3 is 15.2 Å². The van der Waals surface area contributed by atoms with Crippen molar-refractivity contribution in [3.05, 3.63) is 125 Å². The Bertz CT molecular complexity index is 1770. The summed E-state index contributed by atoms with van der Waals surface area (Å²) in [6.07, 6.45) is 1.59. The second-order valence-corrected chi connectivity index (χ2v) is 9.21. The summed E-state index contributed by atoms with van der Waals surface area (Å²) in [5, 5.41) is 5.68. The van der Waals surface area contributed by atoms with Crippen molar-refractivity contribution in [2.75, 3.05) is 10.6 Å². The monoisotopic (exact) mass is 552 g/mol. The lowest BCUT2D eigenvalue weighted by Crippen LogP contribution is -2.14. The minimum atomic E-state index is -4.60. The van der Waals surface area contributed by atoms with Crippen molar-refractivity contribution in [2.24, 2.45) is 0 Å². The second kappa shape index (κ2) is 11.4. The fourth-order valence-corrected chi connectivity index (χ4v) is 3.91. The Balaban J connectivity index is 1.35. The first kappa shape index (κ1) is 27.1. The van der Waals surface area contributed by atoms with Crippen LogP contribution in [0.1, 0.15) is 38.3 Å². The summed E-state index contributed by atoms with van der Waals surface area (Å²) in [4.78, 5) is 25.7. The Morgan fingerprint density at radius 2 is 1.63 bits per heavy atom. The molecule has 2 heterocycles. The van der Waals surface area contributed by atoms with Gasteiger partial charge in [0, 0.05) is 46.8 Å². The zero-order valence-corrected chi connectivity index (χ0v) is 22.0. The number of nitrogens with one attached hydrogen (secondary N) is 2. The van der Waals surface area contributed by atoms with E-state index in [9.17, 15) is 18.0 Å². The molecule has 0 saturated heterocycles. The minimum Gasteiger partial charge on any atom is -0.324 e. The van der Waals surface area contributed by atoms with Crippen molar-refractivity contribution in [1.82, 2.24) is 19.5 Å². The molecule has 7 nitrogen and oxygen atoms in total. The molecule has 1 amide bonds. The predicted octanol–water partition coefficient (Wildman–Crippen LogP) is 6.69. The summed E-state index contributed by atoms with van der Waals surface area (Å²) in [6.45, 7) is 3.58. The molecule has 0 spiro atoms. The molecule has 0 fully saturated rings. The fraction of sp³-hybridized carbons (Fsp3) is 0.0968. The van der Waals surface area contributed by atoms with Gasteiger partial charge in [0.1, 0.15) is 0 Å². The predicted molar refractivity (Wildman–Crippen MR) is 150 cm³/mol. The van der Waals surface area contributed by atoms with Crippen LogP contribution in [0.15, 0.2) is 91.6 Å². The van der Waals surface area contributed by atoms with E-state index in [4.69, 9.17) is 0 Å². The fourth-order valence-electron chi connectivity index (χ4n) is 3.91. The van der Waals surface area contributed by atoms with Gasteiger partial charge in [-0.05, 0) is 61.9 Å². The number of carbonyl (C=O) groups is 1.